The normalized spacial score (nSPS) is 27.4. The van der Waals surface area contributed by atoms with E-state index in [0.717, 1.165) is 31.5 Å². The first-order chi connectivity index (χ1) is 9.07. The first-order valence-electron chi connectivity index (χ1n) is 7.07. The molecule has 0 bridgehead atoms. The molecule has 2 rings (SSSR count). The number of rotatable bonds is 5. The van der Waals surface area contributed by atoms with Crippen molar-refractivity contribution in [2.75, 3.05) is 6.54 Å². The smallest absolute Gasteiger partial charge is 0.323 e. The first-order valence-corrected chi connectivity index (χ1v) is 7.07. The highest BCUT2D eigenvalue weighted by molar-refractivity contribution is 5.79. The molecule has 2 unspecified atom stereocenters. The number of aryl methyl sites for hydroxylation is 1. The highest BCUT2D eigenvalue weighted by atomic mass is 16.4. The molecular formula is C14H23N3O2. The molecule has 5 nitrogen and oxygen atoms in total. The van der Waals surface area contributed by atoms with E-state index in [1.54, 1.807) is 0 Å². The maximum Gasteiger partial charge on any atom is 0.323 e. The summed E-state index contributed by atoms with van der Waals surface area (Å²) < 4.78 is 1.93. The quantitative estimate of drug-likeness (QED) is 0.856. The fourth-order valence-electron chi connectivity index (χ4n) is 2.90. The molecule has 1 aromatic rings. The highest BCUT2D eigenvalue weighted by Gasteiger charge is 2.43. The van der Waals surface area contributed by atoms with Crippen LogP contribution in [-0.4, -0.2) is 32.9 Å². The summed E-state index contributed by atoms with van der Waals surface area (Å²) in [7, 11) is 0. The van der Waals surface area contributed by atoms with Gasteiger partial charge in [-0.2, -0.15) is 5.10 Å². The number of aliphatic carboxylic acids is 1. The summed E-state index contributed by atoms with van der Waals surface area (Å²) in [6.07, 6.45) is 6.15. The van der Waals surface area contributed by atoms with E-state index in [1.807, 2.05) is 23.9 Å². The van der Waals surface area contributed by atoms with Crippen LogP contribution in [0.4, 0.5) is 0 Å². The maximum absolute atomic E-state index is 11.7. The van der Waals surface area contributed by atoms with Gasteiger partial charge in [0.25, 0.3) is 0 Å². The van der Waals surface area contributed by atoms with Gasteiger partial charge in [-0.15, -0.1) is 0 Å². The van der Waals surface area contributed by atoms with E-state index in [4.69, 9.17) is 0 Å². The van der Waals surface area contributed by atoms with Gasteiger partial charge in [-0.05, 0) is 51.6 Å². The first kappa shape index (κ1) is 14.1. The van der Waals surface area contributed by atoms with Crippen LogP contribution in [0.15, 0.2) is 12.3 Å². The van der Waals surface area contributed by atoms with Crippen molar-refractivity contribution in [2.24, 2.45) is 0 Å². The van der Waals surface area contributed by atoms with Crippen LogP contribution in [0.5, 0.6) is 0 Å². The summed E-state index contributed by atoms with van der Waals surface area (Å²) in [5.41, 5.74) is 0.201. The monoisotopic (exact) mass is 265 g/mol. The SMILES string of the molecule is CCCNC1(C(=O)O)CCCC(n2ccc(C)n2)C1. The zero-order chi connectivity index (χ0) is 13.9. The van der Waals surface area contributed by atoms with Crippen LogP contribution in [0.25, 0.3) is 0 Å². The molecule has 1 heterocycles. The molecule has 2 N–H and O–H groups in total. The Bertz CT molecular complexity index is 444. The molecule has 1 saturated carbocycles. The van der Waals surface area contributed by atoms with Crippen molar-refractivity contribution >= 4 is 5.97 Å². The van der Waals surface area contributed by atoms with Gasteiger partial charge in [0.15, 0.2) is 0 Å². The zero-order valence-electron chi connectivity index (χ0n) is 11.7. The summed E-state index contributed by atoms with van der Waals surface area (Å²) in [5, 5.41) is 17.3. The summed E-state index contributed by atoms with van der Waals surface area (Å²) in [5.74, 6) is -0.727. The number of carbonyl (C=O) groups is 1. The molecule has 106 valence electrons. The minimum absolute atomic E-state index is 0.183. The van der Waals surface area contributed by atoms with Gasteiger partial charge >= 0.3 is 5.97 Å². The van der Waals surface area contributed by atoms with Crippen molar-refractivity contribution in [3.8, 4) is 0 Å². The fraction of sp³-hybridized carbons (Fsp3) is 0.714. The van der Waals surface area contributed by atoms with Crippen LogP contribution >= 0.6 is 0 Å². The average molecular weight is 265 g/mol. The Kier molecular flexibility index (Phi) is 4.24. The lowest BCUT2D eigenvalue weighted by molar-refractivity contribution is -0.147. The van der Waals surface area contributed by atoms with Crippen molar-refractivity contribution in [3.05, 3.63) is 18.0 Å². The minimum Gasteiger partial charge on any atom is -0.480 e. The number of nitrogens with one attached hydrogen (secondary N) is 1. The Hall–Kier alpha value is -1.36. The van der Waals surface area contributed by atoms with Gasteiger partial charge < -0.3 is 10.4 Å². The molecule has 0 spiro atoms. The van der Waals surface area contributed by atoms with Gasteiger partial charge in [-0.3, -0.25) is 9.48 Å². The second-order valence-electron chi connectivity index (χ2n) is 5.50. The van der Waals surface area contributed by atoms with E-state index in [1.165, 1.54) is 0 Å². The largest absolute Gasteiger partial charge is 0.480 e. The molecule has 19 heavy (non-hydrogen) atoms. The average Bonchev–Trinajstić information content (AvgIpc) is 2.83. The highest BCUT2D eigenvalue weighted by Crippen LogP contribution is 2.35. The van der Waals surface area contributed by atoms with Crippen LogP contribution in [-0.2, 0) is 4.79 Å². The molecular weight excluding hydrogens is 242 g/mol. The van der Waals surface area contributed by atoms with Gasteiger partial charge in [-0.25, -0.2) is 0 Å². The van der Waals surface area contributed by atoms with Crippen molar-refractivity contribution in [3.63, 3.8) is 0 Å². The van der Waals surface area contributed by atoms with Crippen LogP contribution < -0.4 is 5.32 Å². The molecule has 0 aromatic carbocycles. The Labute approximate surface area is 114 Å². The number of carboxylic acid groups (broad SMARTS) is 1. The van der Waals surface area contributed by atoms with Crippen molar-refractivity contribution in [1.82, 2.24) is 15.1 Å². The molecule has 0 radical (unpaired) electrons. The lowest BCUT2D eigenvalue weighted by atomic mass is 9.79. The zero-order valence-corrected chi connectivity index (χ0v) is 11.7. The Morgan fingerprint density at radius 2 is 2.47 bits per heavy atom. The molecule has 1 fully saturated rings. The number of nitrogens with zero attached hydrogens (tertiary/aromatic N) is 2. The summed E-state index contributed by atoms with van der Waals surface area (Å²) >= 11 is 0. The third kappa shape index (κ3) is 2.97. The fourth-order valence-corrected chi connectivity index (χ4v) is 2.90. The Morgan fingerprint density at radius 3 is 3.05 bits per heavy atom. The second kappa shape index (κ2) is 5.74. The molecule has 0 aliphatic heterocycles. The van der Waals surface area contributed by atoms with Crippen LogP contribution in [0.2, 0.25) is 0 Å². The number of hydrogen-bond donors (Lipinski definition) is 2. The van der Waals surface area contributed by atoms with E-state index in [-0.39, 0.29) is 6.04 Å². The number of hydrogen-bond acceptors (Lipinski definition) is 3. The van der Waals surface area contributed by atoms with Gasteiger partial charge in [0.1, 0.15) is 5.54 Å². The number of aromatic nitrogens is 2. The summed E-state index contributed by atoms with van der Waals surface area (Å²) in [6, 6.07) is 2.15. The lowest BCUT2D eigenvalue weighted by Gasteiger charge is -2.38. The number of carboxylic acids is 1. The molecule has 1 aliphatic rings. The Balaban J connectivity index is 2.15. The standard InChI is InChI=1S/C14H23N3O2/c1-3-8-15-14(13(18)19)7-4-5-12(10-14)17-9-6-11(2)16-17/h6,9,12,15H,3-5,7-8,10H2,1-2H3,(H,18,19). The Morgan fingerprint density at radius 1 is 1.68 bits per heavy atom. The van der Waals surface area contributed by atoms with Gasteiger partial charge in [0.05, 0.1) is 11.7 Å². The van der Waals surface area contributed by atoms with Crippen LogP contribution in [0.1, 0.15) is 50.8 Å². The molecule has 2 atom stereocenters. The van der Waals surface area contributed by atoms with Crippen LogP contribution in [0, 0.1) is 6.92 Å². The third-order valence-corrected chi connectivity index (χ3v) is 3.96. The molecule has 1 aliphatic carbocycles. The predicted octanol–water partition coefficient (Wildman–Crippen LogP) is 2.13. The molecule has 5 heteroatoms. The second-order valence-corrected chi connectivity index (χ2v) is 5.50. The maximum atomic E-state index is 11.7. The van der Waals surface area contributed by atoms with Gasteiger partial charge in [0.2, 0.25) is 0 Å². The van der Waals surface area contributed by atoms with Gasteiger partial charge in [0, 0.05) is 6.20 Å². The van der Waals surface area contributed by atoms with Crippen LogP contribution in [0.3, 0.4) is 0 Å². The molecule has 1 aromatic heterocycles. The minimum atomic E-state index is -0.779. The molecule has 0 saturated heterocycles. The van der Waals surface area contributed by atoms with E-state index >= 15 is 0 Å². The van der Waals surface area contributed by atoms with Crippen molar-refractivity contribution < 1.29 is 9.90 Å². The van der Waals surface area contributed by atoms with Crippen molar-refractivity contribution in [1.29, 1.82) is 0 Å². The van der Waals surface area contributed by atoms with E-state index in [2.05, 4.69) is 17.3 Å². The van der Waals surface area contributed by atoms with Crippen molar-refractivity contribution in [2.45, 2.75) is 57.5 Å². The van der Waals surface area contributed by atoms with E-state index in [0.29, 0.717) is 12.8 Å². The topological polar surface area (TPSA) is 67.2 Å². The van der Waals surface area contributed by atoms with E-state index < -0.39 is 11.5 Å². The summed E-state index contributed by atoms with van der Waals surface area (Å²) in [6.45, 7) is 4.76. The summed E-state index contributed by atoms with van der Waals surface area (Å²) in [4.78, 5) is 11.7. The molecule has 0 amide bonds. The predicted molar refractivity (Wildman–Crippen MR) is 73.1 cm³/mol. The lowest BCUT2D eigenvalue weighted by Crippen LogP contribution is -2.55. The third-order valence-electron chi connectivity index (χ3n) is 3.96. The van der Waals surface area contributed by atoms with E-state index in [9.17, 15) is 9.90 Å². The van der Waals surface area contributed by atoms with Gasteiger partial charge in [-0.1, -0.05) is 6.92 Å².